The summed E-state index contributed by atoms with van der Waals surface area (Å²) < 4.78 is 32.8. The summed E-state index contributed by atoms with van der Waals surface area (Å²) in [6.45, 7) is 3.57. The van der Waals surface area contributed by atoms with Crippen molar-refractivity contribution < 1.29 is 12.8 Å². The van der Waals surface area contributed by atoms with E-state index in [0.717, 1.165) is 5.76 Å². The first-order valence-electron chi connectivity index (χ1n) is 7.05. The van der Waals surface area contributed by atoms with Gasteiger partial charge in [-0.25, -0.2) is 8.42 Å². The fourth-order valence-corrected chi connectivity index (χ4v) is 3.27. The van der Waals surface area contributed by atoms with Crippen LogP contribution in [-0.4, -0.2) is 18.6 Å². The molecule has 0 radical (unpaired) electrons. The van der Waals surface area contributed by atoms with Gasteiger partial charge in [-0.1, -0.05) is 0 Å². The quantitative estimate of drug-likeness (QED) is 0.757. The summed E-state index contributed by atoms with van der Waals surface area (Å²) in [5, 5.41) is 15.6. The molecule has 2 N–H and O–H groups in total. The van der Waals surface area contributed by atoms with Gasteiger partial charge in [0.25, 0.3) is 10.0 Å². The number of nitrogens with zero attached hydrogens (tertiary/aromatic N) is 2. The lowest BCUT2D eigenvalue weighted by Crippen LogP contribution is -2.13. The largest absolute Gasteiger partial charge is 0.460 e. The fourth-order valence-electron chi connectivity index (χ4n) is 2.20. The Kier molecular flexibility index (Phi) is 3.87. The third kappa shape index (κ3) is 2.89. The minimum atomic E-state index is -3.80. The van der Waals surface area contributed by atoms with Crippen molar-refractivity contribution in [3.63, 3.8) is 0 Å². The van der Waals surface area contributed by atoms with Gasteiger partial charge in [-0.2, -0.15) is 10.4 Å². The highest BCUT2D eigenvalue weighted by Gasteiger charge is 2.20. The van der Waals surface area contributed by atoms with Gasteiger partial charge in [0.15, 0.2) is 11.6 Å². The smallest absolute Gasteiger partial charge is 0.263 e. The Bertz CT molecular complexity index is 1020. The predicted octanol–water partition coefficient (Wildman–Crippen LogP) is 2.96. The zero-order chi connectivity index (χ0) is 17.3. The average Bonchev–Trinajstić information content (AvgIpc) is 3.14. The van der Waals surface area contributed by atoms with Crippen molar-refractivity contribution in [2.75, 3.05) is 4.72 Å². The summed E-state index contributed by atoms with van der Waals surface area (Å²) >= 11 is 0. The van der Waals surface area contributed by atoms with E-state index in [1.54, 1.807) is 13.0 Å². The van der Waals surface area contributed by atoms with E-state index in [1.807, 2.05) is 19.1 Å². The van der Waals surface area contributed by atoms with Crippen LogP contribution in [0.4, 0.5) is 5.82 Å². The number of rotatable bonds is 4. The number of nitrogens with one attached hydrogen (secondary N) is 2. The molecule has 0 amide bonds. The number of anilines is 1. The second kappa shape index (κ2) is 5.86. The molecule has 0 saturated heterocycles. The Hall–Kier alpha value is -3.05. The minimum absolute atomic E-state index is 0.0549. The predicted molar refractivity (Wildman–Crippen MR) is 87.7 cm³/mol. The molecule has 2 aromatic heterocycles. The number of sulfonamides is 1. The molecule has 0 aliphatic heterocycles. The van der Waals surface area contributed by atoms with E-state index in [9.17, 15) is 8.42 Å². The third-order valence-electron chi connectivity index (χ3n) is 3.52. The fraction of sp³-hybridized carbons (Fsp3) is 0.125. The number of aryl methyl sites for hydroxylation is 1. The molecule has 2 heterocycles. The molecular formula is C16H14N4O3S. The van der Waals surface area contributed by atoms with Gasteiger partial charge in [-0.3, -0.25) is 9.82 Å². The van der Waals surface area contributed by atoms with Gasteiger partial charge < -0.3 is 4.42 Å². The van der Waals surface area contributed by atoms with E-state index < -0.39 is 10.0 Å². The van der Waals surface area contributed by atoms with Crippen molar-refractivity contribution in [3.05, 3.63) is 53.3 Å². The maximum absolute atomic E-state index is 12.4. The van der Waals surface area contributed by atoms with Gasteiger partial charge in [0.05, 0.1) is 16.5 Å². The molecule has 7 nitrogen and oxygen atoms in total. The molecule has 0 spiro atoms. The molecule has 0 bridgehead atoms. The van der Waals surface area contributed by atoms with E-state index in [2.05, 4.69) is 14.9 Å². The molecule has 8 heteroatoms. The van der Waals surface area contributed by atoms with Crippen LogP contribution in [0.5, 0.6) is 0 Å². The third-order valence-corrected chi connectivity index (χ3v) is 4.88. The number of furan rings is 1. The molecule has 24 heavy (non-hydrogen) atoms. The zero-order valence-corrected chi connectivity index (χ0v) is 13.8. The minimum Gasteiger partial charge on any atom is -0.460 e. The van der Waals surface area contributed by atoms with Gasteiger partial charge in [0.1, 0.15) is 11.5 Å². The molecule has 3 rings (SSSR count). The first-order chi connectivity index (χ1) is 11.4. The van der Waals surface area contributed by atoms with Crippen LogP contribution in [-0.2, 0) is 10.0 Å². The van der Waals surface area contributed by atoms with Gasteiger partial charge in [0, 0.05) is 5.56 Å². The number of benzene rings is 1. The number of nitriles is 1. The van der Waals surface area contributed by atoms with Crippen molar-refractivity contribution in [2.45, 2.75) is 18.7 Å². The Labute approximate surface area is 139 Å². The number of H-pyrrole nitrogens is 1. The standard InChI is InChI=1S/C16H14N4O3S/c1-10-3-8-14(23-10)15-11(2)16(19-18-15)20-24(21,22)13-6-4-12(9-17)5-7-13/h3-8H,1-2H3,(H2,18,19,20). The highest BCUT2D eigenvalue weighted by atomic mass is 32.2. The number of aromatic nitrogens is 2. The van der Waals surface area contributed by atoms with E-state index in [1.165, 1.54) is 24.3 Å². The first-order valence-corrected chi connectivity index (χ1v) is 8.54. The monoisotopic (exact) mass is 342 g/mol. The topological polar surface area (TPSA) is 112 Å². The Morgan fingerprint density at radius 1 is 1.17 bits per heavy atom. The van der Waals surface area contributed by atoms with Crippen molar-refractivity contribution >= 4 is 15.8 Å². The molecule has 0 aliphatic rings. The Morgan fingerprint density at radius 2 is 1.88 bits per heavy atom. The van der Waals surface area contributed by atoms with E-state index in [4.69, 9.17) is 9.68 Å². The number of hydrogen-bond acceptors (Lipinski definition) is 5. The molecule has 122 valence electrons. The average molecular weight is 342 g/mol. The van der Waals surface area contributed by atoms with Crippen LogP contribution in [0, 0.1) is 25.2 Å². The van der Waals surface area contributed by atoms with Crippen molar-refractivity contribution in [3.8, 4) is 17.5 Å². The van der Waals surface area contributed by atoms with Crippen molar-refractivity contribution in [2.24, 2.45) is 0 Å². The zero-order valence-electron chi connectivity index (χ0n) is 13.0. The van der Waals surface area contributed by atoms with Crippen LogP contribution in [0.1, 0.15) is 16.9 Å². The van der Waals surface area contributed by atoms with Gasteiger partial charge >= 0.3 is 0 Å². The van der Waals surface area contributed by atoms with Gasteiger partial charge in [0.2, 0.25) is 0 Å². The molecule has 3 aromatic rings. The van der Waals surface area contributed by atoms with Crippen molar-refractivity contribution in [1.29, 1.82) is 5.26 Å². The Balaban J connectivity index is 1.90. The van der Waals surface area contributed by atoms with Crippen LogP contribution in [0.2, 0.25) is 0 Å². The summed E-state index contributed by atoms with van der Waals surface area (Å²) in [7, 11) is -3.80. The molecular weight excluding hydrogens is 328 g/mol. The lowest BCUT2D eigenvalue weighted by Gasteiger charge is -2.06. The molecule has 0 atom stereocenters. The number of hydrogen-bond donors (Lipinski definition) is 2. The summed E-state index contributed by atoms with van der Waals surface area (Å²) in [6.07, 6.45) is 0. The summed E-state index contributed by atoms with van der Waals surface area (Å²) in [5.74, 6) is 1.53. The van der Waals surface area contributed by atoms with Gasteiger partial charge in [-0.15, -0.1) is 0 Å². The van der Waals surface area contributed by atoms with Crippen LogP contribution in [0.25, 0.3) is 11.5 Å². The van der Waals surface area contributed by atoms with E-state index >= 15 is 0 Å². The van der Waals surface area contributed by atoms with Crippen LogP contribution in [0.3, 0.4) is 0 Å². The maximum atomic E-state index is 12.4. The van der Waals surface area contributed by atoms with E-state index in [-0.39, 0.29) is 10.7 Å². The lowest BCUT2D eigenvalue weighted by molar-refractivity contribution is 0.546. The van der Waals surface area contributed by atoms with Crippen molar-refractivity contribution in [1.82, 2.24) is 10.2 Å². The molecule has 0 saturated carbocycles. The molecule has 0 aliphatic carbocycles. The van der Waals surface area contributed by atoms with Crippen LogP contribution in [0.15, 0.2) is 45.7 Å². The highest BCUT2D eigenvalue weighted by molar-refractivity contribution is 7.92. The second-order valence-electron chi connectivity index (χ2n) is 5.22. The second-order valence-corrected chi connectivity index (χ2v) is 6.91. The summed E-state index contributed by atoms with van der Waals surface area (Å²) in [5.41, 5.74) is 1.63. The molecule has 0 unspecified atom stereocenters. The molecule has 0 fully saturated rings. The Morgan fingerprint density at radius 3 is 2.46 bits per heavy atom. The first kappa shape index (κ1) is 15.8. The number of aromatic amines is 1. The summed E-state index contributed by atoms with van der Waals surface area (Å²) in [4.78, 5) is 0.0549. The highest BCUT2D eigenvalue weighted by Crippen LogP contribution is 2.28. The van der Waals surface area contributed by atoms with Crippen LogP contribution >= 0.6 is 0 Å². The van der Waals surface area contributed by atoms with E-state index in [0.29, 0.717) is 22.6 Å². The van der Waals surface area contributed by atoms with Gasteiger partial charge in [-0.05, 0) is 50.2 Å². The summed E-state index contributed by atoms with van der Waals surface area (Å²) in [6, 6.07) is 11.2. The van der Waals surface area contributed by atoms with Crippen LogP contribution < -0.4 is 4.72 Å². The normalized spacial score (nSPS) is 11.2. The maximum Gasteiger partial charge on any atom is 0.263 e. The lowest BCUT2D eigenvalue weighted by atomic mass is 10.2. The SMILES string of the molecule is Cc1ccc(-c2[nH]nc(NS(=O)(=O)c3ccc(C#N)cc3)c2C)o1. The molecule has 1 aromatic carbocycles.